The van der Waals surface area contributed by atoms with Gasteiger partial charge in [-0.3, -0.25) is 4.90 Å². The summed E-state index contributed by atoms with van der Waals surface area (Å²) >= 11 is 0. The van der Waals surface area contributed by atoms with Crippen molar-refractivity contribution in [3.8, 4) is 11.8 Å². The van der Waals surface area contributed by atoms with Gasteiger partial charge in [-0.15, -0.1) is 0 Å². The molecule has 1 aliphatic rings. The van der Waals surface area contributed by atoms with Crippen LogP contribution in [0.1, 0.15) is 29.2 Å². The summed E-state index contributed by atoms with van der Waals surface area (Å²) in [6, 6.07) is 13.8. The lowest BCUT2D eigenvalue weighted by Crippen LogP contribution is -2.24. The Labute approximate surface area is 140 Å². The number of methoxy groups -OCH3 is 1. The Balaban J connectivity index is 1.89. The average molecular weight is 326 g/mol. The number of nitriles is 1. The van der Waals surface area contributed by atoms with Crippen molar-refractivity contribution in [1.29, 1.82) is 5.26 Å². The van der Waals surface area contributed by atoms with Gasteiger partial charge in [-0.25, -0.2) is 4.39 Å². The molecule has 1 N–H and O–H groups in total. The third-order valence-electron chi connectivity index (χ3n) is 4.40. The fourth-order valence-electron chi connectivity index (χ4n) is 3.31. The molecule has 0 aromatic heterocycles. The highest BCUT2D eigenvalue weighted by molar-refractivity contribution is 5.42. The van der Waals surface area contributed by atoms with Gasteiger partial charge in [-0.05, 0) is 42.3 Å². The van der Waals surface area contributed by atoms with Gasteiger partial charge in [-0.2, -0.15) is 5.26 Å². The average Bonchev–Trinajstić information content (AvgIpc) is 2.95. The Kier molecular flexibility index (Phi) is 4.79. The number of halogens is 1. The van der Waals surface area contributed by atoms with E-state index in [-0.39, 0.29) is 11.9 Å². The number of aliphatic hydroxyl groups is 1. The maximum Gasteiger partial charge on any atom is 0.123 e. The van der Waals surface area contributed by atoms with E-state index in [0.717, 1.165) is 11.1 Å². The summed E-state index contributed by atoms with van der Waals surface area (Å²) in [5.41, 5.74) is 2.29. The number of benzene rings is 2. The van der Waals surface area contributed by atoms with Crippen molar-refractivity contribution in [2.75, 3.05) is 13.7 Å². The van der Waals surface area contributed by atoms with Crippen LogP contribution in [-0.4, -0.2) is 29.8 Å². The lowest BCUT2D eigenvalue weighted by Gasteiger charge is -2.25. The highest BCUT2D eigenvalue weighted by Gasteiger charge is 2.32. The summed E-state index contributed by atoms with van der Waals surface area (Å²) in [7, 11) is 1.59. The van der Waals surface area contributed by atoms with Crippen molar-refractivity contribution in [1.82, 2.24) is 4.90 Å². The van der Waals surface area contributed by atoms with Gasteiger partial charge in [0.1, 0.15) is 11.6 Å². The quantitative estimate of drug-likeness (QED) is 0.938. The first-order valence-corrected chi connectivity index (χ1v) is 7.85. The van der Waals surface area contributed by atoms with E-state index in [2.05, 4.69) is 11.0 Å². The number of hydrogen-bond donors (Lipinski definition) is 1. The third kappa shape index (κ3) is 3.40. The van der Waals surface area contributed by atoms with Crippen LogP contribution in [0, 0.1) is 17.1 Å². The van der Waals surface area contributed by atoms with Crippen LogP contribution < -0.4 is 4.74 Å². The first-order valence-electron chi connectivity index (χ1n) is 7.85. The lowest BCUT2D eigenvalue weighted by molar-refractivity contribution is 0.172. The molecule has 0 bridgehead atoms. The SMILES string of the molecule is COc1ccc(C#N)cc1CN1C[C@H](O)C[C@@H]1c1cccc(F)c1. The molecule has 2 atom stereocenters. The van der Waals surface area contributed by atoms with E-state index in [1.807, 2.05) is 6.07 Å². The standard InChI is InChI=1S/C19H19FN2O2/c1-24-19-6-5-13(10-21)7-15(19)11-22-12-17(23)9-18(22)14-3-2-4-16(20)8-14/h2-8,17-18,23H,9,11-12H2,1H3/t17-,18-/m1/s1. The minimum absolute atomic E-state index is 0.0638. The predicted octanol–water partition coefficient (Wildman–Crippen LogP) is 3.01. The summed E-state index contributed by atoms with van der Waals surface area (Å²) in [5, 5.41) is 19.2. The molecule has 0 unspecified atom stereocenters. The third-order valence-corrected chi connectivity index (χ3v) is 4.40. The van der Waals surface area contributed by atoms with E-state index >= 15 is 0 Å². The van der Waals surface area contributed by atoms with Crippen LogP contribution in [0.25, 0.3) is 0 Å². The molecule has 5 heteroatoms. The molecule has 0 radical (unpaired) electrons. The monoisotopic (exact) mass is 326 g/mol. The molecule has 1 fully saturated rings. The van der Waals surface area contributed by atoms with Crippen LogP contribution >= 0.6 is 0 Å². The summed E-state index contributed by atoms with van der Waals surface area (Å²) < 4.78 is 18.9. The highest BCUT2D eigenvalue weighted by Crippen LogP contribution is 2.35. The molecule has 4 nitrogen and oxygen atoms in total. The molecule has 124 valence electrons. The van der Waals surface area contributed by atoms with Gasteiger partial charge in [0.25, 0.3) is 0 Å². The molecule has 1 heterocycles. The van der Waals surface area contributed by atoms with Gasteiger partial charge in [0, 0.05) is 24.7 Å². The van der Waals surface area contributed by atoms with Crippen LogP contribution in [0.3, 0.4) is 0 Å². The number of aliphatic hydroxyl groups excluding tert-OH is 1. The second kappa shape index (κ2) is 7.00. The number of β-amino-alcohol motifs (C(OH)–C–C–N with tert-alkyl or cyclic N) is 1. The zero-order valence-electron chi connectivity index (χ0n) is 13.4. The Bertz CT molecular complexity index is 772. The molecule has 2 aromatic carbocycles. The molecule has 0 saturated carbocycles. The van der Waals surface area contributed by atoms with Crippen molar-refractivity contribution in [3.05, 3.63) is 65.0 Å². The largest absolute Gasteiger partial charge is 0.496 e. The fourth-order valence-corrected chi connectivity index (χ4v) is 3.31. The van der Waals surface area contributed by atoms with Crippen molar-refractivity contribution in [2.24, 2.45) is 0 Å². The Morgan fingerprint density at radius 1 is 1.33 bits per heavy atom. The maximum atomic E-state index is 13.6. The van der Waals surface area contributed by atoms with E-state index in [9.17, 15) is 9.50 Å². The lowest BCUT2D eigenvalue weighted by atomic mass is 10.0. The van der Waals surface area contributed by atoms with Gasteiger partial charge < -0.3 is 9.84 Å². The van der Waals surface area contributed by atoms with E-state index < -0.39 is 6.10 Å². The molecule has 3 rings (SSSR count). The summed E-state index contributed by atoms with van der Waals surface area (Å²) in [4.78, 5) is 2.10. The van der Waals surface area contributed by atoms with Crippen molar-refractivity contribution >= 4 is 0 Å². The summed E-state index contributed by atoms with van der Waals surface area (Å²) in [6.07, 6.45) is 0.104. The number of rotatable bonds is 4. The molecular formula is C19H19FN2O2. The Hall–Kier alpha value is -2.42. The van der Waals surface area contributed by atoms with Crippen LogP contribution in [0.4, 0.5) is 4.39 Å². The maximum absolute atomic E-state index is 13.6. The predicted molar refractivity (Wildman–Crippen MR) is 87.9 cm³/mol. The summed E-state index contributed by atoms with van der Waals surface area (Å²) in [6.45, 7) is 1.03. The van der Waals surface area contributed by atoms with E-state index in [1.165, 1.54) is 12.1 Å². The number of ether oxygens (including phenoxy) is 1. The molecule has 2 aromatic rings. The number of nitrogens with zero attached hydrogens (tertiary/aromatic N) is 2. The molecule has 0 spiro atoms. The van der Waals surface area contributed by atoms with E-state index in [1.54, 1.807) is 31.4 Å². The van der Waals surface area contributed by atoms with Crippen LogP contribution in [0.15, 0.2) is 42.5 Å². The number of hydrogen-bond acceptors (Lipinski definition) is 4. The highest BCUT2D eigenvalue weighted by atomic mass is 19.1. The van der Waals surface area contributed by atoms with Crippen molar-refractivity contribution < 1.29 is 14.2 Å². The minimum Gasteiger partial charge on any atom is -0.496 e. The molecular weight excluding hydrogens is 307 g/mol. The van der Waals surface area contributed by atoms with Crippen LogP contribution in [-0.2, 0) is 6.54 Å². The molecule has 24 heavy (non-hydrogen) atoms. The normalized spacial score (nSPS) is 20.8. The van der Waals surface area contributed by atoms with E-state index in [4.69, 9.17) is 10.00 Å². The van der Waals surface area contributed by atoms with Gasteiger partial charge in [0.15, 0.2) is 0 Å². The molecule has 1 saturated heterocycles. The first-order chi connectivity index (χ1) is 11.6. The van der Waals surface area contributed by atoms with Gasteiger partial charge in [0.2, 0.25) is 0 Å². The Morgan fingerprint density at radius 3 is 2.88 bits per heavy atom. The van der Waals surface area contributed by atoms with Crippen molar-refractivity contribution in [2.45, 2.75) is 25.1 Å². The smallest absolute Gasteiger partial charge is 0.123 e. The topological polar surface area (TPSA) is 56.5 Å². The van der Waals surface area contributed by atoms with Crippen LogP contribution in [0.2, 0.25) is 0 Å². The first kappa shape index (κ1) is 16.4. The molecule has 1 aliphatic heterocycles. The molecule has 0 amide bonds. The minimum atomic E-state index is -0.455. The zero-order chi connectivity index (χ0) is 17.1. The second-order valence-corrected chi connectivity index (χ2v) is 6.03. The molecule has 0 aliphatic carbocycles. The van der Waals surface area contributed by atoms with E-state index in [0.29, 0.717) is 30.8 Å². The van der Waals surface area contributed by atoms with Gasteiger partial charge in [0.05, 0.1) is 24.8 Å². The van der Waals surface area contributed by atoms with Gasteiger partial charge in [-0.1, -0.05) is 12.1 Å². The Morgan fingerprint density at radius 2 is 2.17 bits per heavy atom. The summed E-state index contributed by atoms with van der Waals surface area (Å²) in [5.74, 6) is 0.422. The van der Waals surface area contributed by atoms with Gasteiger partial charge >= 0.3 is 0 Å². The zero-order valence-corrected chi connectivity index (χ0v) is 13.4. The fraction of sp³-hybridized carbons (Fsp3) is 0.316. The number of likely N-dealkylation sites (tertiary alicyclic amines) is 1. The second-order valence-electron chi connectivity index (χ2n) is 6.03. The van der Waals surface area contributed by atoms with Crippen LogP contribution in [0.5, 0.6) is 5.75 Å². The van der Waals surface area contributed by atoms with Crippen molar-refractivity contribution in [3.63, 3.8) is 0 Å².